The normalized spacial score (nSPS) is 18.6. The van der Waals surface area contributed by atoms with E-state index in [2.05, 4.69) is 0 Å². The molecule has 0 amide bonds. The van der Waals surface area contributed by atoms with E-state index < -0.39 is 0 Å². The van der Waals surface area contributed by atoms with E-state index in [-0.39, 0.29) is 21.5 Å². The number of allylic oxidation sites excluding steroid dienone is 4. The summed E-state index contributed by atoms with van der Waals surface area (Å²) in [6, 6.07) is 0. The molecule has 1 aliphatic carbocycles. The summed E-state index contributed by atoms with van der Waals surface area (Å²) in [4.78, 5) is 0. The fourth-order valence-electron chi connectivity index (χ4n) is 0.552. The van der Waals surface area contributed by atoms with Crippen LogP contribution in [0.5, 0.6) is 0 Å². The molecule has 10 heavy (non-hydrogen) atoms. The standard InChI is InChI=1S/C6H4Cl2N2/c7-3-1-2-4(8)6(10)5(3)9/h1-2,9-10H. The fraction of sp³-hybridized carbons (Fsp3) is 0. The summed E-state index contributed by atoms with van der Waals surface area (Å²) in [6.07, 6.45) is 3.01. The smallest absolute Gasteiger partial charge is 0.0991 e. The molecule has 0 fully saturated rings. The molecular formula is C6H4Cl2N2. The van der Waals surface area contributed by atoms with Crippen molar-refractivity contribution in [1.82, 2.24) is 0 Å². The van der Waals surface area contributed by atoms with Crippen LogP contribution >= 0.6 is 23.2 Å². The Balaban J connectivity index is 3.09. The summed E-state index contributed by atoms with van der Waals surface area (Å²) in [6.45, 7) is 0. The third kappa shape index (κ3) is 1.13. The van der Waals surface area contributed by atoms with Crippen molar-refractivity contribution in [1.29, 1.82) is 10.8 Å². The monoisotopic (exact) mass is 174 g/mol. The number of hydrogen-bond acceptors (Lipinski definition) is 2. The molecule has 0 unspecified atom stereocenters. The van der Waals surface area contributed by atoms with Crippen LogP contribution in [0.2, 0.25) is 0 Å². The minimum Gasteiger partial charge on any atom is -0.297 e. The lowest BCUT2D eigenvalue weighted by Crippen LogP contribution is -2.14. The Morgan fingerprint density at radius 3 is 1.50 bits per heavy atom. The third-order valence-corrected chi connectivity index (χ3v) is 1.73. The molecule has 1 aliphatic rings. The maximum Gasteiger partial charge on any atom is 0.0991 e. The van der Waals surface area contributed by atoms with Crippen LogP contribution in [-0.4, -0.2) is 11.4 Å². The Kier molecular flexibility index (Phi) is 1.92. The molecule has 0 aromatic heterocycles. The molecule has 0 saturated carbocycles. The van der Waals surface area contributed by atoms with E-state index in [1.54, 1.807) is 0 Å². The number of hydrogen-bond donors (Lipinski definition) is 2. The fourth-order valence-corrected chi connectivity index (χ4v) is 0.867. The van der Waals surface area contributed by atoms with E-state index >= 15 is 0 Å². The summed E-state index contributed by atoms with van der Waals surface area (Å²) in [7, 11) is 0. The van der Waals surface area contributed by atoms with Crippen LogP contribution in [0.1, 0.15) is 0 Å². The highest BCUT2D eigenvalue weighted by molar-refractivity contribution is 6.69. The molecule has 52 valence electrons. The van der Waals surface area contributed by atoms with Gasteiger partial charge in [-0.1, -0.05) is 23.2 Å². The molecule has 2 N–H and O–H groups in total. The summed E-state index contributed by atoms with van der Waals surface area (Å²) in [5, 5.41) is 14.9. The molecule has 2 nitrogen and oxygen atoms in total. The first-order valence-corrected chi connectivity index (χ1v) is 3.29. The summed E-state index contributed by atoms with van der Waals surface area (Å²) >= 11 is 11.0. The Bertz CT molecular complexity index is 227. The summed E-state index contributed by atoms with van der Waals surface area (Å²) < 4.78 is 0. The van der Waals surface area contributed by atoms with Gasteiger partial charge in [-0.25, -0.2) is 0 Å². The van der Waals surface area contributed by atoms with Gasteiger partial charge in [0.15, 0.2) is 0 Å². The van der Waals surface area contributed by atoms with Crippen LogP contribution < -0.4 is 0 Å². The van der Waals surface area contributed by atoms with Crippen molar-refractivity contribution >= 4 is 34.6 Å². The zero-order chi connectivity index (χ0) is 7.72. The quantitative estimate of drug-likeness (QED) is 0.530. The van der Waals surface area contributed by atoms with Gasteiger partial charge in [-0.05, 0) is 12.2 Å². The van der Waals surface area contributed by atoms with Crippen molar-refractivity contribution in [3.8, 4) is 0 Å². The highest BCUT2D eigenvalue weighted by atomic mass is 35.5. The van der Waals surface area contributed by atoms with Crippen LogP contribution in [-0.2, 0) is 0 Å². The molecule has 0 radical (unpaired) electrons. The highest BCUT2D eigenvalue weighted by Gasteiger charge is 2.14. The molecule has 0 atom stereocenters. The summed E-state index contributed by atoms with van der Waals surface area (Å²) in [5.41, 5.74) is -0.0386. The van der Waals surface area contributed by atoms with Crippen molar-refractivity contribution in [2.24, 2.45) is 0 Å². The van der Waals surface area contributed by atoms with Gasteiger partial charge in [0.25, 0.3) is 0 Å². The molecule has 0 bridgehead atoms. The second-order valence-electron chi connectivity index (χ2n) is 1.78. The number of rotatable bonds is 0. The minimum atomic E-state index is -0.0193. The van der Waals surface area contributed by atoms with Gasteiger partial charge in [0.05, 0.1) is 21.5 Å². The first kappa shape index (κ1) is 7.51. The molecular weight excluding hydrogens is 171 g/mol. The molecule has 0 saturated heterocycles. The predicted octanol–water partition coefficient (Wildman–Crippen LogP) is 2.28. The second kappa shape index (κ2) is 2.56. The molecule has 0 spiro atoms. The van der Waals surface area contributed by atoms with Crippen molar-refractivity contribution in [3.63, 3.8) is 0 Å². The number of nitrogens with one attached hydrogen (secondary N) is 2. The lowest BCUT2D eigenvalue weighted by Gasteiger charge is -2.06. The van der Waals surface area contributed by atoms with Gasteiger partial charge >= 0.3 is 0 Å². The zero-order valence-electron chi connectivity index (χ0n) is 4.91. The topological polar surface area (TPSA) is 47.7 Å². The zero-order valence-corrected chi connectivity index (χ0v) is 6.42. The lowest BCUT2D eigenvalue weighted by atomic mass is 10.1. The van der Waals surface area contributed by atoms with Gasteiger partial charge in [-0.3, -0.25) is 10.8 Å². The van der Waals surface area contributed by atoms with Crippen molar-refractivity contribution in [3.05, 3.63) is 22.2 Å². The third-order valence-electron chi connectivity index (χ3n) is 1.10. The van der Waals surface area contributed by atoms with Gasteiger partial charge in [-0.2, -0.15) is 0 Å². The van der Waals surface area contributed by atoms with E-state index in [1.165, 1.54) is 12.2 Å². The van der Waals surface area contributed by atoms with E-state index in [4.69, 9.17) is 34.0 Å². The maximum atomic E-state index is 7.18. The highest BCUT2D eigenvalue weighted by Crippen LogP contribution is 2.17. The summed E-state index contributed by atoms with van der Waals surface area (Å²) in [5.74, 6) is 0. The Hall–Kier alpha value is -0.600. The molecule has 4 heteroatoms. The first-order chi connectivity index (χ1) is 4.63. The molecule has 0 aliphatic heterocycles. The van der Waals surface area contributed by atoms with Crippen LogP contribution in [0.3, 0.4) is 0 Å². The van der Waals surface area contributed by atoms with Crippen molar-refractivity contribution in [2.75, 3.05) is 0 Å². The van der Waals surface area contributed by atoms with Gasteiger partial charge in [0, 0.05) is 0 Å². The molecule has 0 aromatic carbocycles. The van der Waals surface area contributed by atoms with E-state index in [9.17, 15) is 0 Å². The van der Waals surface area contributed by atoms with Crippen molar-refractivity contribution < 1.29 is 0 Å². The molecule has 0 heterocycles. The van der Waals surface area contributed by atoms with Gasteiger partial charge in [0.1, 0.15) is 0 Å². The van der Waals surface area contributed by atoms with E-state index in [1.807, 2.05) is 0 Å². The largest absolute Gasteiger partial charge is 0.297 e. The average Bonchev–Trinajstić information content (AvgIpc) is 1.93. The van der Waals surface area contributed by atoms with Crippen molar-refractivity contribution in [2.45, 2.75) is 0 Å². The second-order valence-corrected chi connectivity index (χ2v) is 2.59. The Morgan fingerprint density at radius 1 is 0.900 bits per heavy atom. The molecule has 0 aromatic rings. The SMILES string of the molecule is N=C1C(=N)C(Cl)=CC=C1Cl. The minimum absolute atomic E-state index is 0.0193. The van der Waals surface area contributed by atoms with Gasteiger partial charge in [0.2, 0.25) is 0 Å². The van der Waals surface area contributed by atoms with Gasteiger partial charge < -0.3 is 0 Å². The van der Waals surface area contributed by atoms with E-state index in [0.29, 0.717) is 0 Å². The number of halogens is 2. The maximum absolute atomic E-state index is 7.18. The van der Waals surface area contributed by atoms with Crippen LogP contribution in [0.25, 0.3) is 0 Å². The van der Waals surface area contributed by atoms with Crippen LogP contribution in [0.15, 0.2) is 22.2 Å². The Labute approximate surface area is 68.2 Å². The van der Waals surface area contributed by atoms with Gasteiger partial charge in [-0.15, -0.1) is 0 Å². The molecule has 1 rings (SSSR count). The first-order valence-electron chi connectivity index (χ1n) is 2.54. The van der Waals surface area contributed by atoms with Crippen LogP contribution in [0.4, 0.5) is 0 Å². The Morgan fingerprint density at radius 2 is 1.20 bits per heavy atom. The predicted molar refractivity (Wildman–Crippen MR) is 43.3 cm³/mol. The van der Waals surface area contributed by atoms with E-state index in [0.717, 1.165) is 0 Å². The van der Waals surface area contributed by atoms with Crippen LogP contribution in [0, 0.1) is 10.8 Å². The average molecular weight is 175 g/mol. The lowest BCUT2D eigenvalue weighted by molar-refractivity contribution is 1.48.